The zero-order valence-electron chi connectivity index (χ0n) is 8.12. The van der Waals surface area contributed by atoms with Crippen molar-refractivity contribution in [1.82, 2.24) is 9.55 Å². The number of anilines is 1. The molecule has 0 fully saturated rings. The van der Waals surface area contributed by atoms with Crippen LogP contribution >= 0.6 is 0 Å². The van der Waals surface area contributed by atoms with Crippen molar-refractivity contribution in [1.29, 1.82) is 0 Å². The minimum Gasteiger partial charge on any atom is -0.354 e. The lowest BCUT2D eigenvalue weighted by Crippen LogP contribution is -2.38. The summed E-state index contributed by atoms with van der Waals surface area (Å²) in [6, 6.07) is 0.210. The smallest absolute Gasteiger partial charge is 0.203 e. The van der Waals surface area contributed by atoms with Crippen LogP contribution in [0.3, 0.4) is 0 Å². The van der Waals surface area contributed by atoms with Crippen molar-refractivity contribution in [3.05, 3.63) is 11.9 Å². The molecule has 3 N–H and O–H groups in total. The highest BCUT2D eigenvalue weighted by atomic mass is 15.2. The Morgan fingerprint density at radius 3 is 3.15 bits per heavy atom. The minimum absolute atomic E-state index is 0.210. The molecule has 0 bridgehead atoms. The summed E-state index contributed by atoms with van der Waals surface area (Å²) >= 11 is 0. The standard InChI is InChI=1S/C9H16N4/c1-6(2)8-5-13-4-7(10)3-11-9(13)12-8/h5-7H,3-4,10H2,1-2H3,(H,11,12). The Kier molecular flexibility index (Phi) is 2.00. The summed E-state index contributed by atoms with van der Waals surface area (Å²) in [5.41, 5.74) is 6.96. The van der Waals surface area contributed by atoms with E-state index in [9.17, 15) is 0 Å². The van der Waals surface area contributed by atoms with E-state index in [1.807, 2.05) is 0 Å². The molecule has 72 valence electrons. The summed E-state index contributed by atoms with van der Waals surface area (Å²) in [4.78, 5) is 4.48. The van der Waals surface area contributed by atoms with Crippen molar-refractivity contribution >= 4 is 5.95 Å². The quantitative estimate of drug-likeness (QED) is 0.671. The van der Waals surface area contributed by atoms with Gasteiger partial charge in [0.15, 0.2) is 0 Å². The zero-order valence-corrected chi connectivity index (χ0v) is 8.12. The summed E-state index contributed by atoms with van der Waals surface area (Å²) < 4.78 is 2.10. The van der Waals surface area contributed by atoms with Gasteiger partial charge in [-0.2, -0.15) is 0 Å². The van der Waals surface area contributed by atoms with E-state index in [1.165, 1.54) is 0 Å². The average molecular weight is 180 g/mol. The van der Waals surface area contributed by atoms with Crippen molar-refractivity contribution < 1.29 is 0 Å². The lowest BCUT2D eigenvalue weighted by Gasteiger charge is -2.21. The van der Waals surface area contributed by atoms with E-state index >= 15 is 0 Å². The number of imidazole rings is 1. The van der Waals surface area contributed by atoms with Gasteiger partial charge in [0.25, 0.3) is 0 Å². The number of rotatable bonds is 1. The van der Waals surface area contributed by atoms with Crippen molar-refractivity contribution in [2.24, 2.45) is 5.73 Å². The molecule has 1 aliphatic rings. The van der Waals surface area contributed by atoms with Crippen LogP contribution < -0.4 is 11.1 Å². The molecule has 1 unspecified atom stereocenters. The highest BCUT2D eigenvalue weighted by molar-refractivity contribution is 5.32. The molecule has 1 aromatic rings. The van der Waals surface area contributed by atoms with Gasteiger partial charge < -0.3 is 15.6 Å². The third kappa shape index (κ3) is 1.54. The summed E-state index contributed by atoms with van der Waals surface area (Å²) in [7, 11) is 0. The first-order chi connectivity index (χ1) is 6.16. The lowest BCUT2D eigenvalue weighted by molar-refractivity contribution is 0.542. The van der Waals surface area contributed by atoms with Crippen LogP contribution in [0.1, 0.15) is 25.5 Å². The maximum Gasteiger partial charge on any atom is 0.203 e. The normalized spacial score (nSPS) is 21.4. The molecule has 0 amide bonds. The molecule has 1 atom stereocenters. The van der Waals surface area contributed by atoms with Crippen LogP contribution in [0.5, 0.6) is 0 Å². The van der Waals surface area contributed by atoms with Gasteiger partial charge in [-0.25, -0.2) is 4.98 Å². The number of nitrogens with one attached hydrogen (secondary N) is 1. The summed E-state index contributed by atoms with van der Waals surface area (Å²) in [6.45, 7) is 6.00. The minimum atomic E-state index is 0.210. The molecule has 2 heterocycles. The topological polar surface area (TPSA) is 55.9 Å². The molecule has 13 heavy (non-hydrogen) atoms. The van der Waals surface area contributed by atoms with Crippen LogP contribution in [0, 0.1) is 0 Å². The third-order valence-corrected chi connectivity index (χ3v) is 2.34. The number of hydrogen-bond donors (Lipinski definition) is 2. The molecule has 0 aromatic carbocycles. The van der Waals surface area contributed by atoms with Gasteiger partial charge in [0.05, 0.1) is 5.69 Å². The summed E-state index contributed by atoms with van der Waals surface area (Å²) in [6.07, 6.45) is 2.09. The Hall–Kier alpha value is -1.03. The van der Waals surface area contributed by atoms with Crippen molar-refractivity contribution in [2.45, 2.75) is 32.4 Å². The predicted molar refractivity (Wildman–Crippen MR) is 52.8 cm³/mol. The summed E-state index contributed by atoms with van der Waals surface area (Å²) in [5, 5.41) is 3.21. The lowest BCUT2D eigenvalue weighted by atomic mass is 10.2. The van der Waals surface area contributed by atoms with Crippen LogP contribution in [0.25, 0.3) is 0 Å². The fraction of sp³-hybridized carbons (Fsp3) is 0.667. The number of nitrogens with zero attached hydrogens (tertiary/aromatic N) is 2. The fourth-order valence-corrected chi connectivity index (χ4v) is 1.53. The SMILES string of the molecule is CC(C)c1cn2c(n1)NCC(N)C2. The highest BCUT2D eigenvalue weighted by Crippen LogP contribution is 2.19. The Morgan fingerprint density at radius 2 is 2.46 bits per heavy atom. The number of nitrogens with two attached hydrogens (primary N) is 1. The molecule has 0 saturated carbocycles. The van der Waals surface area contributed by atoms with Crippen LogP contribution in [-0.2, 0) is 6.54 Å². The molecular weight excluding hydrogens is 164 g/mol. The Labute approximate surface area is 78.1 Å². The molecule has 0 spiro atoms. The summed E-state index contributed by atoms with van der Waals surface area (Å²) in [5.74, 6) is 1.45. The van der Waals surface area contributed by atoms with Crippen LogP contribution in [0.15, 0.2) is 6.20 Å². The van der Waals surface area contributed by atoms with E-state index < -0.39 is 0 Å². The van der Waals surface area contributed by atoms with Gasteiger partial charge >= 0.3 is 0 Å². The van der Waals surface area contributed by atoms with Gasteiger partial charge in [0, 0.05) is 25.3 Å². The second-order valence-electron chi connectivity index (χ2n) is 3.94. The molecule has 0 radical (unpaired) electrons. The van der Waals surface area contributed by atoms with E-state index in [-0.39, 0.29) is 6.04 Å². The first-order valence-electron chi connectivity index (χ1n) is 4.73. The highest BCUT2D eigenvalue weighted by Gasteiger charge is 2.17. The monoisotopic (exact) mass is 180 g/mol. The second-order valence-corrected chi connectivity index (χ2v) is 3.94. The first kappa shape index (κ1) is 8.56. The van der Waals surface area contributed by atoms with Crippen molar-refractivity contribution in [3.63, 3.8) is 0 Å². The number of aromatic nitrogens is 2. The maximum atomic E-state index is 5.82. The second kappa shape index (κ2) is 3.03. The number of hydrogen-bond acceptors (Lipinski definition) is 3. The Bertz CT molecular complexity index is 303. The van der Waals surface area contributed by atoms with Gasteiger partial charge in [0.1, 0.15) is 0 Å². The Balaban J connectivity index is 2.28. The molecule has 0 aliphatic carbocycles. The van der Waals surface area contributed by atoms with E-state index in [0.29, 0.717) is 5.92 Å². The molecule has 0 saturated heterocycles. The van der Waals surface area contributed by atoms with Gasteiger partial charge in [-0.15, -0.1) is 0 Å². The van der Waals surface area contributed by atoms with E-state index in [2.05, 4.69) is 34.9 Å². The number of fused-ring (bicyclic) bond motifs is 1. The first-order valence-corrected chi connectivity index (χ1v) is 4.73. The predicted octanol–water partition coefficient (Wildman–Crippen LogP) is 0.759. The van der Waals surface area contributed by atoms with Gasteiger partial charge in [-0.05, 0) is 5.92 Å². The largest absolute Gasteiger partial charge is 0.354 e. The maximum absolute atomic E-state index is 5.82. The van der Waals surface area contributed by atoms with Crippen LogP contribution in [0.2, 0.25) is 0 Å². The molecule has 2 rings (SSSR count). The fourth-order valence-electron chi connectivity index (χ4n) is 1.53. The Morgan fingerprint density at radius 1 is 1.69 bits per heavy atom. The van der Waals surface area contributed by atoms with Gasteiger partial charge in [0.2, 0.25) is 5.95 Å². The van der Waals surface area contributed by atoms with Crippen LogP contribution in [0.4, 0.5) is 5.95 Å². The molecule has 4 heteroatoms. The van der Waals surface area contributed by atoms with E-state index in [1.54, 1.807) is 0 Å². The molecule has 1 aliphatic heterocycles. The van der Waals surface area contributed by atoms with Gasteiger partial charge in [-0.3, -0.25) is 0 Å². The van der Waals surface area contributed by atoms with E-state index in [4.69, 9.17) is 5.73 Å². The third-order valence-electron chi connectivity index (χ3n) is 2.34. The molecule has 4 nitrogen and oxygen atoms in total. The van der Waals surface area contributed by atoms with E-state index in [0.717, 1.165) is 24.7 Å². The average Bonchev–Trinajstić information content (AvgIpc) is 2.46. The zero-order chi connectivity index (χ0) is 9.42. The van der Waals surface area contributed by atoms with Gasteiger partial charge in [-0.1, -0.05) is 13.8 Å². The van der Waals surface area contributed by atoms with Crippen molar-refractivity contribution in [2.75, 3.05) is 11.9 Å². The van der Waals surface area contributed by atoms with Crippen LogP contribution in [-0.4, -0.2) is 22.1 Å². The van der Waals surface area contributed by atoms with Crippen molar-refractivity contribution in [3.8, 4) is 0 Å². The molecular formula is C9H16N4. The molecule has 1 aromatic heterocycles.